The number of nitrogens with zero attached hydrogens (tertiary/aromatic N) is 4. The first kappa shape index (κ1) is 13.7. The maximum atomic E-state index is 12.6. The summed E-state index contributed by atoms with van der Waals surface area (Å²) in [6, 6.07) is 1.89. The Morgan fingerprint density at radius 3 is 2.76 bits per heavy atom. The number of rotatable bonds is 1. The van der Waals surface area contributed by atoms with Crippen molar-refractivity contribution in [3.63, 3.8) is 0 Å². The first-order valence-corrected chi connectivity index (χ1v) is 7.15. The summed E-state index contributed by atoms with van der Waals surface area (Å²) in [6.07, 6.45) is 6.60. The second-order valence-electron chi connectivity index (χ2n) is 5.43. The van der Waals surface area contributed by atoms with Gasteiger partial charge in [0.15, 0.2) is 0 Å². The molecule has 3 heterocycles. The molecule has 108 valence electrons. The van der Waals surface area contributed by atoms with Crippen molar-refractivity contribution in [1.82, 2.24) is 19.9 Å². The Bertz CT molecular complexity index is 684. The van der Waals surface area contributed by atoms with Crippen molar-refractivity contribution in [2.75, 3.05) is 13.1 Å². The zero-order valence-corrected chi connectivity index (χ0v) is 12.3. The van der Waals surface area contributed by atoms with Gasteiger partial charge in [0.05, 0.1) is 5.56 Å². The number of hydrogen-bond acceptors (Lipinski definition) is 4. The fourth-order valence-corrected chi connectivity index (χ4v) is 2.75. The standard InChI is InChI=1S/C16H18N4O/c1-11-7-13(9-17-8-11)16(21)20-5-3-14-12(2)18-10-19-15(14)4-6-20/h7-10H,3-6H2,1-2H3. The van der Waals surface area contributed by atoms with Crippen LogP contribution in [0.2, 0.25) is 0 Å². The minimum atomic E-state index is 0.0459. The predicted molar refractivity (Wildman–Crippen MR) is 79.1 cm³/mol. The van der Waals surface area contributed by atoms with Gasteiger partial charge in [-0.15, -0.1) is 0 Å². The average Bonchev–Trinajstić information content (AvgIpc) is 2.70. The monoisotopic (exact) mass is 282 g/mol. The molecule has 0 radical (unpaired) electrons. The fraction of sp³-hybridized carbons (Fsp3) is 0.375. The molecule has 0 bridgehead atoms. The van der Waals surface area contributed by atoms with E-state index in [2.05, 4.69) is 15.0 Å². The van der Waals surface area contributed by atoms with Crippen molar-refractivity contribution < 1.29 is 4.79 Å². The molecule has 0 atom stereocenters. The number of carbonyl (C=O) groups excluding carboxylic acids is 1. The van der Waals surface area contributed by atoms with E-state index in [0.717, 1.165) is 29.8 Å². The van der Waals surface area contributed by atoms with E-state index in [9.17, 15) is 4.79 Å². The van der Waals surface area contributed by atoms with Crippen LogP contribution in [0, 0.1) is 13.8 Å². The summed E-state index contributed by atoms with van der Waals surface area (Å²) < 4.78 is 0. The van der Waals surface area contributed by atoms with Crippen LogP contribution in [-0.4, -0.2) is 38.8 Å². The number of fused-ring (bicyclic) bond motifs is 1. The van der Waals surface area contributed by atoms with Crippen LogP contribution in [0.3, 0.4) is 0 Å². The Balaban J connectivity index is 1.81. The lowest BCUT2D eigenvalue weighted by atomic mass is 10.1. The highest BCUT2D eigenvalue weighted by Gasteiger charge is 2.21. The van der Waals surface area contributed by atoms with E-state index in [-0.39, 0.29) is 5.91 Å². The van der Waals surface area contributed by atoms with E-state index in [1.165, 1.54) is 5.56 Å². The molecule has 2 aromatic heterocycles. The number of carbonyl (C=O) groups is 1. The molecule has 0 saturated heterocycles. The lowest BCUT2D eigenvalue weighted by Crippen LogP contribution is -2.33. The molecule has 0 aliphatic carbocycles. The van der Waals surface area contributed by atoms with Crippen molar-refractivity contribution in [2.45, 2.75) is 26.7 Å². The summed E-state index contributed by atoms with van der Waals surface area (Å²) in [5.74, 6) is 0.0459. The van der Waals surface area contributed by atoms with Crippen LogP contribution in [-0.2, 0) is 12.8 Å². The van der Waals surface area contributed by atoms with Crippen molar-refractivity contribution in [2.24, 2.45) is 0 Å². The summed E-state index contributed by atoms with van der Waals surface area (Å²) in [7, 11) is 0. The smallest absolute Gasteiger partial charge is 0.255 e. The van der Waals surface area contributed by atoms with Crippen LogP contribution < -0.4 is 0 Å². The third-order valence-electron chi connectivity index (χ3n) is 3.91. The maximum absolute atomic E-state index is 12.6. The molecule has 3 rings (SSSR count). The van der Waals surface area contributed by atoms with Gasteiger partial charge in [0.25, 0.3) is 5.91 Å². The van der Waals surface area contributed by atoms with Crippen LogP contribution in [0.1, 0.15) is 32.9 Å². The topological polar surface area (TPSA) is 59.0 Å². The Morgan fingerprint density at radius 1 is 1.14 bits per heavy atom. The van der Waals surface area contributed by atoms with E-state index in [1.54, 1.807) is 18.7 Å². The quantitative estimate of drug-likeness (QED) is 0.799. The minimum absolute atomic E-state index is 0.0459. The number of aryl methyl sites for hydroxylation is 2. The molecule has 0 N–H and O–H groups in total. The highest BCUT2D eigenvalue weighted by atomic mass is 16.2. The third kappa shape index (κ3) is 2.77. The second kappa shape index (κ2) is 5.60. The zero-order chi connectivity index (χ0) is 14.8. The number of amides is 1. The van der Waals surface area contributed by atoms with Crippen molar-refractivity contribution in [3.05, 3.63) is 52.9 Å². The van der Waals surface area contributed by atoms with Crippen molar-refractivity contribution in [1.29, 1.82) is 0 Å². The normalized spacial score (nSPS) is 14.5. The van der Waals surface area contributed by atoms with Gasteiger partial charge in [0.1, 0.15) is 6.33 Å². The third-order valence-corrected chi connectivity index (χ3v) is 3.91. The Hall–Kier alpha value is -2.30. The van der Waals surface area contributed by atoms with Crippen LogP contribution in [0.4, 0.5) is 0 Å². The zero-order valence-electron chi connectivity index (χ0n) is 12.3. The molecule has 0 spiro atoms. The van der Waals surface area contributed by atoms with Gasteiger partial charge < -0.3 is 4.90 Å². The van der Waals surface area contributed by atoms with E-state index in [1.807, 2.05) is 24.8 Å². The van der Waals surface area contributed by atoms with Gasteiger partial charge in [0, 0.05) is 43.3 Å². The van der Waals surface area contributed by atoms with Gasteiger partial charge in [-0.2, -0.15) is 0 Å². The Kier molecular flexibility index (Phi) is 3.64. The molecule has 5 heteroatoms. The predicted octanol–water partition coefficient (Wildman–Crippen LogP) is 1.73. The molecule has 5 nitrogen and oxygen atoms in total. The summed E-state index contributed by atoms with van der Waals surface area (Å²) in [5.41, 5.74) is 4.94. The number of pyridine rings is 1. The van der Waals surface area contributed by atoms with Crippen LogP contribution in [0.15, 0.2) is 24.8 Å². The number of hydrogen-bond donors (Lipinski definition) is 0. The molecule has 0 saturated carbocycles. The summed E-state index contributed by atoms with van der Waals surface area (Å²) in [6.45, 7) is 5.34. The summed E-state index contributed by atoms with van der Waals surface area (Å²) in [5, 5.41) is 0. The van der Waals surface area contributed by atoms with Crippen LogP contribution in [0.25, 0.3) is 0 Å². The molecule has 0 fully saturated rings. The molecular weight excluding hydrogens is 264 g/mol. The second-order valence-corrected chi connectivity index (χ2v) is 5.43. The first-order chi connectivity index (χ1) is 10.1. The van der Waals surface area contributed by atoms with Crippen molar-refractivity contribution >= 4 is 5.91 Å². The highest BCUT2D eigenvalue weighted by Crippen LogP contribution is 2.17. The van der Waals surface area contributed by atoms with Gasteiger partial charge in [-0.1, -0.05) is 0 Å². The van der Waals surface area contributed by atoms with Gasteiger partial charge >= 0.3 is 0 Å². The highest BCUT2D eigenvalue weighted by molar-refractivity contribution is 5.94. The maximum Gasteiger partial charge on any atom is 0.255 e. The lowest BCUT2D eigenvalue weighted by Gasteiger charge is -2.20. The molecule has 1 amide bonds. The van der Waals surface area contributed by atoms with Gasteiger partial charge in [-0.25, -0.2) is 9.97 Å². The Morgan fingerprint density at radius 2 is 1.95 bits per heavy atom. The SMILES string of the molecule is Cc1cncc(C(=O)N2CCc3ncnc(C)c3CC2)c1. The fourth-order valence-electron chi connectivity index (χ4n) is 2.75. The van der Waals surface area contributed by atoms with E-state index in [0.29, 0.717) is 18.7 Å². The molecule has 21 heavy (non-hydrogen) atoms. The number of aromatic nitrogens is 3. The summed E-state index contributed by atoms with van der Waals surface area (Å²) >= 11 is 0. The van der Waals surface area contributed by atoms with Crippen LogP contribution >= 0.6 is 0 Å². The van der Waals surface area contributed by atoms with E-state index >= 15 is 0 Å². The van der Waals surface area contributed by atoms with Gasteiger partial charge in [0.2, 0.25) is 0 Å². The van der Waals surface area contributed by atoms with E-state index in [4.69, 9.17) is 0 Å². The molecule has 0 aromatic carbocycles. The largest absolute Gasteiger partial charge is 0.338 e. The van der Waals surface area contributed by atoms with Crippen LogP contribution in [0.5, 0.6) is 0 Å². The summed E-state index contributed by atoms with van der Waals surface area (Å²) in [4.78, 5) is 27.2. The molecule has 1 aliphatic heterocycles. The van der Waals surface area contributed by atoms with Gasteiger partial charge in [-0.05, 0) is 37.5 Å². The Labute approximate surface area is 124 Å². The lowest BCUT2D eigenvalue weighted by molar-refractivity contribution is 0.0762. The molecule has 0 unspecified atom stereocenters. The minimum Gasteiger partial charge on any atom is -0.338 e. The molecule has 2 aromatic rings. The van der Waals surface area contributed by atoms with E-state index < -0.39 is 0 Å². The van der Waals surface area contributed by atoms with Gasteiger partial charge in [-0.3, -0.25) is 9.78 Å². The van der Waals surface area contributed by atoms with Crippen molar-refractivity contribution in [3.8, 4) is 0 Å². The average molecular weight is 282 g/mol. The first-order valence-electron chi connectivity index (χ1n) is 7.15. The molecular formula is C16H18N4O. The molecule has 1 aliphatic rings.